The third-order valence-electron chi connectivity index (χ3n) is 3.04. The van der Waals surface area contributed by atoms with E-state index in [1.807, 2.05) is 61.5 Å². The number of thioether (sulfide) groups is 1. The molecule has 0 fully saturated rings. The molecule has 0 aliphatic rings. The van der Waals surface area contributed by atoms with Gasteiger partial charge in [-0.1, -0.05) is 36.4 Å². The first kappa shape index (κ1) is 15.1. The van der Waals surface area contributed by atoms with E-state index in [0.717, 1.165) is 16.1 Å². The average molecular weight is 296 g/mol. The minimum atomic E-state index is -0.0593. The second-order valence-corrected chi connectivity index (χ2v) is 5.54. The number of anilines is 1. The molecule has 0 aliphatic carbocycles. The SMILES string of the molecule is Cc1ccccc1SCC(=O)N(CC#N)c1ccccc1. The Bertz CT molecular complexity index is 649. The van der Waals surface area contributed by atoms with Crippen molar-refractivity contribution in [2.75, 3.05) is 17.2 Å². The van der Waals surface area contributed by atoms with Crippen molar-refractivity contribution in [3.63, 3.8) is 0 Å². The van der Waals surface area contributed by atoms with Crippen molar-refractivity contribution < 1.29 is 4.79 Å². The van der Waals surface area contributed by atoms with E-state index in [1.165, 1.54) is 16.7 Å². The van der Waals surface area contributed by atoms with Crippen molar-refractivity contribution in [2.45, 2.75) is 11.8 Å². The third-order valence-corrected chi connectivity index (χ3v) is 4.20. The normalized spacial score (nSPS) is 9.90. The molecule has 21 heavy (non-hydrogen) atoms. The lowest BCUT2D eigenvalue weighted by molar-refractivity contribution is -0.116. The van der Waals surface area contributed by atoms with Crippen LogP contribution in [0.1, 0.15) is 5.56 Å². The predicted molar refractivity (Wildman–Crippen MR) is 86.3 cm³/mol. The van der Waals surface area contributed by atoms with Crippen molar-refractivity contribution in [1.29, 1.82) is 5.26 Å². The van der Waals surface area contributed by atoms with Gasteiger partial charge in [-0.2, -0.15) is 5.26 Å². The van der Waals surface area contributed by atoms with E-state index in [2.05, 4.69) is 6.07 Å². The summed E-state index contributed by atoms with van der Waals surface area (Å²) in [6, 6.07) is 19.3. The number of benzene rings is 2. The molecule has 4 heteroatoms. The quantitative estimate of drug-likeness (QED) is 0.625. The zero-order valence-electron chi connectivity index (χ0n) is 11.8. The first-order valence-electron chi connectivity index (χ1n) is 6.63. The Kier molecular flexibility index (Phi) is 5.42. The van der Waals surface area contributed by atoms with Crippen molar-refractivity contribution in [3.8, 4) is 6.07 Å². The van der Waals surface area contributed by atoms with Crippen LogP contribution in [-0.4, -0.2) is 18.2 Å². The molecule has 0 radical (unpaired) electrons. The van der Waals surface area contributed by atoms with E-state index >= 15 is 0 Å². The fourth-order valence-electron chi connectivity index (χ4n) is 1.94. The molecule has 0 aromatic heterocycles. The van der Waals surface area contributed by atoms with Gasteiger partial charge in [0.25, 0.3) is 0 Å². The number of carbonyl (C=O) groups excluding carboxylic acids is 1. The van der Waals surface area contributed by atoms with Gasteiger partial charge in [-0.25, -0.2) is 0 Å². The Morgan fingerprint density at radius 1 is 1.14 bits per heavy atom. The molecule has 0 spiro atoms. The molecular weight excluding hydrogens is 280 g/mol. The van der Waals surface area contributed by atoms with Gasteiger partial charge < -0.3 is 0 Å². The summed E-state index contributed by atoms with van der Waals surface area (Å²) in [5.41, 5.74) is 1.91. The monoisotopic (exact) mass is 296 g/mol. The van der Waals surface area contributed by atoms with Crippen LogP contribution < -0.4 is 4.90 Å². The molecule has 2 aromatic rings. The van der Waals surface area contributed by atoms with Gasteiger partial charge in [0.1, 0.15) is 6.54 Å². The fourth-order valence-corrected chi connectivity index (χ4v) is 2.84. The maximum atomic E-state index is 12.4. The standard InChI is InChI=1S/C17H16N2OS/c1-14-7-5-6-10-16(14)21-13-17(20)19(12-11-18)15-8-3-2-4-9-15/h2-10H,12-13H2,1H3. The zero-order chi connectivity index (χ0) is 15.1. The van der Waals surface area contributed by atoms with Gasteiger partial charge in [-0.05, 0) is 30.7 Å². The van der Waals surface area contributed by atoms with E-state index in [9.17, 15) is 4.79 Å². The first-order valence-corrected chi connectivity index (χ1v) is 7.61. The van der Waals surface area contributed by atoms with Gasteiger partial charge in [0.15, 0.2) is 0 Å². The number of nitriles is 1. The number of para-hydroxylation sites is 1. The van der Waals surface area contributed by atoms with Crippen LogP contribution in [0.15, 0.2) is 59.5 Å². The highest BCUT2D eigenvalue weighted by atomic mass is 32.2. The van der Waals surface area contributed by atoms with E-state index in [1.54, 1.807) is 0 Å². The molecule has 0 saturated carbocycles. The maximum Gasteiger partial charge on any atom is 0.238 e. The Balaban J connectivity index is 2.07. The number of nitrogens with zero attached hydrogens (tertiary/aromatic N) is 2. The predicted octanol–water partition coefficient (Wildman–Crippen LogP) is 3.64. The number of carbonyl (C=O) groups is 1. The molecule has 0 atom stereocenters. The summed E-state index contributed by atoms with van der Waals surface area (Å²) < 4.78 is 0. The van der Waals surface area contributed by atoms with Crippen LogP contribution in [0.5, 0.6) is 0 Å². The molecule has 106 valence electrons. The molecule has 3 nitrogen and oxygen atoms in total. The van der Waals surface area contributed by atoms with Crippen LogP contribution in [0.2, 0.25) is 0 Å². The number of hydrogen-bond acceptors (Lipinski definition) is 3. The molecular formula is C17H16N2OS. The molecule has 0 unspecified atom stereocenters. The van der Waals surface area contributed by atoms with Crippen LogP contribution in [0.25, 0.3) is 0 Å². The molecule has 2 aromatic carbocycles. The Hall–Kier alpha value is -2.25. The second kappa shape index (κ2) is 7.51. The number of rotatable bonds is 5. The van der Waals surface area contributed by atoms with Crippen LogP contribution in [0.3, 0.4) is 0 Å². The van der Waals surface area contributed by atoms with Gasteiger partial charge in [-0.3, -0.25) is 9.69 Å². The van der Waals surface area contributed by atoms with E-state index < -0.39 is 0 Å². The molecule has 2 rings (SSSR count). The summed E-state index contributed by atoms with van der Waals surface area (Å²) >= 11 is 1.50. The summed E-state index contributed by atoms with van der Waals surface area (Å²) in [7, 11) is 0. The number of aryl methyl sites for hydroxylation is 1. The highest BCUT2D eigenvalue weighted by Crippen LogP contribution is 2.23. The maximum absolute atomic E-state index is 12.4. The van der Waals surface area contributed by atoms with Crippen molar-refractivity contribution >= 4 is 23.4 Å². The van der Waals surface area contributed by atoms with E-state index in [0.29, 0.717) is 5.75 Å². The highest BCUT2D eigenvalue weighted by Gasteiger charge is 2.15. The summed E-state index contributed by atoms with van der Waals surface area (Å²) in [5, 5.41) is 8.93. The van der Waals surface area contributed by atoms with Crippen LogP contribution in [0, 0.1) is 18.3 Å². The summed E-state index contributed by atoms with van der Waals surface area (Å²) in [5.74, 6) is 0.262. The Labute approximate surface area is 129 Å². The third kappa shape index (κ3) is 4.11. The van der Waals surface area contributed by atoms with Gasteiger partial charge in [0.2, 0.25) is 5.91 Å². The lowest BCUT2D eigenvalue weighted by Gasteiger charge is -2.19. The fraction of sp³-hybridized carbons (Fsp3) is 0.176. The minimum absolute atomic E-state index is 0.0593. The van der Waals surface area contributed by atoms with Gasteiger partial charge in [0.05, 0.1) is 11.8 Å². The van der Waals surface area contributed by atoms with Gasteiger partial charge in [0, 0.05) is 10.6 Å². The number of amides is 1. The Morgan fingerprint density at radius 3 is 2.48 bits per heavy atom. The summed E-state index contributed by atoms with van der Waals surface area (Å²) in [4.78, 5) is 15.0. The lowest BCUT2D eigenvalue weighted by Crippen LogP contribution is -2.32. The van der Waals surface area contributed by atoms with E-state index in [4.69, 9.17) is 5.26 Å². The molecule has 0 saturated heterocycles. The van der Waals surface area contributed by atoms with Crippen molar-refractivity contribution in [3.05, 3.63) is 60.2 Å². The molecule has 0 N–H and O–H groups in total. The largest absolute Gasteiger partial charge is 0.298 e. The average Bonchev–Trinajstić information content (AvgIpc) is 2.52. The highest BCUT2D eigenvalue weighted by molar-refractivity contribution is 8.00. The van der Waals surface area contributed by atoms with E-state index in [-0.39, 0.29) is 12.5 Å². The molecule has 0 aliphatic heterocycles. The van der Waals surface area contributed by atoms with Crippen molar-refractivity contribution in [1.82, 2.24) is 0 Å². The van der Waals surface area contributed by atoms with Crippen LogP contribution >= 0.6 is 11.8 Å². The molecule has 0 bridgehead atoms. The first-order chi connectivity index (χ1) is 10.2. The second-order valence-electron chi connectivity index (χ2n) is 4.53. The molecule has 0 heterocycles. The van der Waals surface area contributed by atoms with Crippen LogP contribution in [-0.2, 0) is 4.79 Å². The number of hydrogen-bond donors (Lipinski definition) is 0. The Morgan fingerprint density at radius 2 is 1.81 bits per heavy atom. The summed E-state index contributed by atoms with van der Waals surface area (Å²) in [6.45, 7) is 2.09. The minimum Gasteiger partial charge on any atom is -0.298 e. The smallest absolute Gasteiger partial charge is 0.238 e. The topological polar surface area (TPSA) is 44.1 Å². The van der Waals surface area contributed by atoms with Crippen LogP contribution in [0.4, 0.5) is 5.69 Å². The van der Waals surface area contributed by atoms with Gasteiger partial charge >= 0.3 is 0 Å². The van der Waals surface area contributed by atoms with Crippen molar-refractivity contribution in [2.24, 2.45) is 0 Å². The molecule has 1 amide bonds. The zero-order valence-corrected chi connectivity index (χ0v) is 12.6. The lowest BCUT2D eigenvalue weighted by atomic mass is 10.2. The van der Waals surface area contributed by atoms with Gasteiger partial charge in [-0.15, -0.1) is 11.8 Å². The summed E-state index contributed by atoms with van der Waals surface area (Å²) in [6.07, 6.45) is 0.